The highest BCUT2D eigenvalue weighted by atomic mass is 79.9. The first-order valence-electron chi connectivity index (χ1n) is 10.8. The number of aliphatic imine (C=N–C) groups is 2. The molecule has 0 aliphatic carbocycles. The summed E-state index contributed by atoms with van der Waals surface area (Å²) in [6.07, 6.45) is 4.91. The monoisotopic (exact) mass is 543 g/mol. The summed E-state index contributed by atoms with van der Waals surface area (Å²) in [5, 5.41) is 11.7. The van der Waals surface area contributed by atoms with Gasteiger partial charge in [0.15, 0.2) is 11.5 Å². The van der Waals surface area contributed by atoms with Crippen molar-refractivity contribution in [3.05, 3.63) is 59.0 Å². The number of halogens is 2. The fourth-order valence-electron chi connectivity index (χ4n) is 3.69. The van der Waals surface area contributed by atoms with Crippen LogP contribution >= 0.6 is 15.9 Å². The Morgan fingerprint density at radius 1 is 1.31 bits per heavy atom. The summed E-state index contributed by atoms with van der Waals surface area (Å²) in [7, 11) is 1.53. The number of ether oxygens (including phenoxy) is 2. The number of methoxy groups -OCH3 is 1. The molecule has 35 heavy (non-hydrogen) atoms. The lowest BCUT2D eigenvalue weighted by Gasteiger charge is -2.32. The second-order valence-electron chi connectivity index (χ2n) is 7.80. The van der Waals surface area contributed by atoms with Crippen LogP contribution in [-0.4, -0.2) is 43.5 Å². The van der Waals surface area contributed by atoms with Crippen LogP contribution in [0, 0.1) is 23.2 Å². The van der Waals surface area contributed by atoms with E-state index >= 15 is 0 Å². The molecule has 0 amide bonds. The molecule has 0 saturated carbocycles. The Bertz CT molecular complexity index is 1170. The van der Waals surface area contributed by atoms with Crippen LogP contribution in [0.15, 0.2) is 57.6 Å². The third kappa shape index (κ3) is 6.64. The molecule has 2 aromatic carbocycles. The van der Waals surface area contributed by atoms with E-state index in [0.717, 1.165) is 12.8 Å². The maximum Gasteiger partial charge on any atom is 0.209 e. The van der Waals surface area contributed by atoms with Crippen LogP contribution in [0.4, 0.5) is 15.8 Å². The molecule has 0 spiro atoms. The molecule has 1 heterocycles. The van der Waals surface area contributed by atoms with Gasteiger partial charge in [-0.3, -0.25) is 0 Å². The smallest absolute Gasteiger partial charge is 0.209 e. The Morgan fingerprint density at radius 2 is 2.06 bits per heavy atom. The van der Waals surface area contributed by atoms with Crippen molar-refractivity contribution in [2.75, 3.05) is 32.1 Å². The van der Waals surface area contributed by atoms with Gasteiger partial charge in [-0.15, -0.1) is 4.99 Å². The number of benzene rings is 2. The SMILES string of the molecule is C=CNc1cc(OCC2CCN(C(N)=NC#N)CC2)c(OC)cc1C(N)=Nc1ccc(Br)cc1F. The molecule has 0 atom stereocenters. The van der Waals surface area contributed by atoms with Gasteiger partial charge in [-0.2, -0.15) is 5.26 Å². The minimum Gasteiger partial charge on any atom is -0.493 e. The van der Waals surface area contributed by atoms with Crippen molar-refractivity contribution in [3.63, 3.8) is 0 Å². The first-order valence-corrected chi connectivity index (χ1v) is 11.6. The lowest BCUT2D eigenvalue weighted by molar-refractivity contribution is 0.176. The van der Waals surface area contributed by atoms with Crippen molar-refractivity contribution < 1.29 is 13.9 Å². The lowest BCUT2D eigenvalue weighted by Crippen LogP contribution is -2.43. The van der Waals surface area contributed by atoms with Crippen LogP contribution < -0.4 is 26.3 Å². The zero-order chi connectivity index (χ0) is 25.4. The van der Waals surface area contributed by atoms with E-state index in [9.17, 15) is 4.39 Å². The van der Waals surface area contributed by atoms with Crippen LogP contribution in [-0.2, 0) is 0 Å². The fraction of sp³-hybridized carbons (Fsp3) is 0.292. The highest BCUT2D eigenvalue weighted by Gasteiger charge is 2.22. The molecular weight excluding hydrogens is 517 g/mol. The molecule has 1 aliphatic heterocycles. The molecule has 1 fully saturated rings. The number of rotatable bonds is 8. The van der Waals surface area contributed by atoms with Crippen LogP contribution in [0.3, 0.4) is 0 Å². The van der Waals surface area contributed by atoms with E-state index < -0.39 is 5.82 Å². The second kappa shape index (κ2) is 12.1. The molecular formula is C24H27BrFN7O2. The number of guanidine groups is 1. The maximum atomic E-state index is 14.3. The molecule has 2 aromatic rings. The van der Waals surface area contributed by atoms with Crippen molar-refractivity contribution in [2.45, 2.75) is 12.8 Å². The third-order valence-electron chi connectivity index (χ3n) is 5.57. The van der Waals surface area contributed by atoms with Gasteiger partial charge in [0.05, 0.1) is 19.4 Å². The number of anilines is 1. The van der Waals surface area contributed by atoms with Gasteiger partial charge < -0.3 is 31.2 Å². The highest BCUT2D eigenvalue weighted by Crippen LogP contribution is 2.35. The zero-order valence-corrected chi connectivity index (χ0v) is 20.9. The van der Waals surface area contributed by atoms with E-state index in [-0.39, 0.29) is 17.5 Å². The summed E-state index contributed by atoms with van der Waals surface area (Å²) >= 11 is 3.23. The average Bonchev–Trinajstić information content (AvgIpc) is 2.85. The maximum absolute atomic E-state index is 14.3. The van der Waals surface area contributed by atoms with Gasteiger partial charge in [-0.25, -0.2) is 9.38 Å². The van der Waals surface area contributed by atoms with Gasteiger partial charge in [0.1, 0.15) is 17.3 Å². The van der Waals surface area contributed by atoms with Gasteiger partial charge >= 0.3 is 0 Å². The quantitative estimate of drug-likeness (QED) is 0.259. The lowest BCUT2D eigenvalue weighted by atomic mass is 9.98. The number of hydrogen-bond donors (Lipinski definition) is 3. The Kier molecular flexibility index (Phi) is 8.92. The van der Waals surface area contributed by atoms with Crippen LogP contribution in [0.5, 0.6) is 11.5 Å². The van der Waals surface area contributed by atoms with E-state index in [4.69, 9.17) is 26.2 Å². The molecule has 184 valence electrons. The van der Waals surface area contributed by atoms with Crippen molar-refractivity contribution in [2.24, 2.45) is 27.4 Å². The van der Waals surface area contributed by atoms with Crippen molar-refractivity contribution in [3.8, 4) is 17.7 Å². The number of likely N-dealkylation sites (tertiary alicyclic amines) is 1. The standard InChI is InChI=1S/C24H27BrFN7O2/c1-3-30-20-12-22(35-13-15-6-8-33(9-7-15)24(29)31-14-27)21(34-2)11-17(20)23(28)32-19-5-4-16(25)10-18(19)26/h3-5,10-12,15,30H,1,6-9,13H2,2H3,(H2,28,32)(H2,29,31). The van der Waals surface area contributed by atoms with Gasteiger partial charge in [0.2, 0.25) is 12.2 Å². The largest absolute Gasteiger partial charge is 0.493 e. The number of piperidine rings is 1. The third-order valence-corrected chi connectivity index (χ3v) is 6.06. The second-order valence-corrected chi connectivity index (χ2v) is 8.72. The summed E-state index contributed by atoms with van der Waals surface area (Å²) in [6, 6.07) is 7.99. The first-order chi connectivity index (χ1) is 16.9. The molecule has 0 aromatic heterocycles. The summed E-state index contributed by atoms with van der Waals surface area (Å²) in [5.41, 5.74) is 13.3. The molecule has 3 rings (SSSR count). The summed E-state index contributed by atoms with van der Waals surface area (Å²) in [5.74, 6) is 1.13. The van der Waals surface area contributed by atoms with Crippen molar-refractivity contribution in [1.29, 1.82) is 5.26 Å². The van der Waals surface area contributed by atoms with Crippen molar-refractivity contribution >= 4 is 39.1 Å². The predicted octanol–water partition coefficient (Wildman–Crippen LogP) is 4.08. The number of amidine groups is 1. The van der Waals surface area contributed by atoms with Gasteiger partial charge in [-0.1, -0.05) is 22.5 Å². The number of nitrogens with two attached hydrogens (primary N) is 2. The molecule has 11 heteroatoms. The summed E-state index contributed by atoms with van der Waals surface area (Å²) < 4.78 is 26.5. The summed E-state index contributed by atoms with van der Waals surface area (Å²) in [4.78, 5) is 9.74. The van der Waals surface area contributed by atoms with Crippen LogP contribution in [0.2, 0.25) is 0 Å². The minimum atomic E-state index is -0.501. The van der Waals surface area contributed by atoms with Gasteiger partial charge in [0, 0.05) is 29.2 Å². The van der Waals surface area contributed by atoms with E-state index in [1.807, 2.05) is 4.90 Å². The summed E-state index contributed by atoms with van der Waals surface area (Å²) in [6.45, 7) is 5.59. The molecule has 1 saturated heterocycles. The Morgan fingerprint density at radius 3 is 2.69 bits per heavy atom. The molecule has 0 unspecified atom stereocenters. The van der Waals surface area contributed by atoms with E-state index in [2.05, 4.69) is 37.8 Å². The normalized spacial score (nSPS) is 14.9. The van der Waals surface area contributed by atoms with E-state index in [1.54, 1.807) is 24.4 Å². The first kappa shape index (κ1) is 25.8. The van der Waals surface area contributed by atoms with Crippen LogP contribution in [0.25, 0.3) is 0 Å². The molecule has 5 N–H and O–H groups in total. The Labute approximate surface area is 212 Å². The van der Waals surface area contributed by atoms with Gasteiger partial charge in [-0.05, 0) is 49.2 Å². The van der Waals surface area contributed by atoms with Gasteiger partial charge in [0.25, 0.3) is 0 Å². The number of nitrogens with one attached hydrogen (secondary N) is 1. The molecule has 0 radical (unpaired) electrons. The molecule has 1 aliphatic rings. The molecule has 0 bridgehead atoms. The Balaban J connectivity index is 1.78. The highest BCUT2D eigenvalue weighted by molar-refractivity contribution is 9.10. The number of nitriles is 1. The average molecular weight is 544 g/mol. The predicted molar refractivity (Wildman–Crippen MR) is 138 cm³/mol. The van der Waals surface area contributed by atoms with Crippen molar-refractivity contribution in [1.82, 2.24) is 4.90 Å². The zero-order valence-electron chi connectivity index (χ0n) is 19.3. The molecule has 9 nitrogen and oxygen atoms in total. The topological polar surface area (TPSA) is 134 Å². The minimum absolute atomic E-state index is 0.101. The van der Waals surface area contributed by atoms with E-state index in [0.29, 0.717) is 52.8 Å². The van der Waals surface area contributed by atoms with Crippen LogP contribution in [0.1, 0.15) is 18.4 Å². The fourth-order valence-corrected chi connectivity index (χ4v) is 4.03. The van der Waals surface area contributed by atoms with E-state index in [1.165, 1.54) is 25.4 Å². The Hall–Kier alpha value is -3.78. The number of nitrogens with zero attached hydrogens (tertiary/aromatic N) is 4. The number of hydrogen-bond acceptors (Lipinski definition) is 6.